The molecule has 0 unspecified atom stereocenters. The van der Waals surface area contributed by atoms with Crippen molar-refractivity contribution in [3.8, 4) is 0 Å². The molecule has 0 radical (unpaired) electrons. The Bertz CT molecular complexity index is 1160. The van der Waals surface area contributed by atoms with Gasteiger partial charge in [0.05, 0.1) is 5.75 Å². The van der Waals surface area contributed by atoms with Gasteiger partial charge in [-0.15, -0.1) is 0 Å². The topological polar surface area (TPSA) is 104 Å². The van der Waals surface area contributed by atoms with E-state index in [0.717, 1.165) is 23.9 Å². The van der Waals surface area contributed by atoms with Crippen molar-refractivity contribution in [2.75, 3.05) is 23.6 Å². The van der Waals surface area contributed by atoms with E-state index >= 15 is 0 Å². The average Bonchev–Trinajstić information content (AvgIpc) is 3.11. The summed E-state index contributed by atoms with van der Waals surface area (Å²) in [6.45, 7) is 0.743. The van der Waals surface area contributed by atoms with Crippen LogP contribution < -0.4 is 4.72 Å². The number of amides is 3. The van der Waals surface area contributed by atoms with Crippen molar-refractivity contribution in [3.05, 3.63) is 59.9 Å². The molecule has 2 aliphatic rings. The Morgan fingerprint density at radius 2 is 1.78 bits per heavy atom. The molecule has 2 fully saturated rings. The molecule has 0 aliphatic carbocycles. The smallest absolute Gasteiger partial charge is 0.289 e. The fraction of sp³-hybridized carbons (Fsp3) is 0.286. The quantitative estimate of drug-likeness (QED) is 0.710. The van der Waals surface area contributed by atoms with E-state index in [-0.39, 0.29) is 40.1 Å². The molecule has 3 amide bonds. The zero-order chi connectivity index (χ0) is 22.9. The van der Waals surface area contributed by atoms with Gasteiger partial charge < -0.3 is 4.90 Å². The number of likely N-dealkylation sites (tertiary alicyclic amines) is 1. The molecule has 32 heavy (non-hydrogen) atoms. The van der Waals surface area contributed by atoms with Crippen molar-refractivity contribution in [1.82, 2.24) is 9.80 Å². The minimum atomic E-state index is -4.16. The van der Waals surface area contributed by atoms with E-state index in [1.807, 2.05) is 0 Å². The highest BCUT2D eigenvalue weighted by molar-refractivity contribution is 8.14. The molecule has 0 spiro atoms. The number of anilines is 1. The summed E-state index contributed by atoms with van der Waals surface area (Å²) in [6, 6.07) is 10.8. The first-order valence-electron chi connectivity index (χ1n) is 9.92. The first-order chi connectivity index (χ1) is 15.3. The van der Waals surface area contributed by atoms with Gasteiger partial charge in [-0.3, -0.25) is 24.0 Å². The predicted molar refractivity (Wildman–Crippen MR) is 117 cm³/mol. The van der Waals surface area contributed by atoms with Gasteiger partial charge in [-0.25, -0.2) is 12.8 Å². The molecule has 4 rings (SSSR count). The summed E-state index contributed by atoms with van der Waals surface area (Å²) in [7, 11) is -4.16. The van der Waals surface area contributed by atoms with Gasteiger partial charge in [-0.1, -0.05) is 30.0 Å². The predicted octanol–water partition coefficient (Wildman–Crippen LogP) is 2.93. The summed E-state index contributed by atoms with van der Waals surface area (Å²) in [5.41, 5.74) is 0.417. The van der Waals surface area contributed by atoms with Gasteiger partial charge in [0, 0.05) is 30.4 Å². The molecule has 2 saturated heterocycles. The number of rotatable bonds is 5. The normalized spacial score (nSPS) is 17.7. The molecule has 2 aromatic carbocycles. The number of nitrogens with one attached hydrogen (secondary N) is 1. The SMILES string of the molecule is O=C(c1cccc(NS(=O)(=O)c2ccccc2F)c1)N1CCC(N2C(=O)CSC2=O)CC1. The zero-order valence-electron chi connectivity index (χ0n) is 16.9. The number of imide groups is 1. The summed E-state index contributed by atoms with van der Waals surface area (Å²) in [6.07, 6.45) is 0.979. The Morgan fingerprint density at radius 3 is 2.44 bits per heavy atom. The van der Waals surface area contributed by atoms with Gasteiger partial charge in [0.2, 0.25) is 5.91 Å². The van der Waals surface area contributed by atoms with E-state index < -0.39 is 20.7 Å². The highest BCUT2D eigenvalue weighted by Gasteiger charge is 2.38. The molecule has 2 heterocycles. The summed E-state index contributed by atoms with van der Waals surface area (Å²) in [5, 5.41) is -0.241. The van der Waals surface area contributed by atoms with Gasteiger partial charge in [-0.2, -0.15) is 0 Å². The van der Waals surface area contributed by atoms with E-state index in [0.29, 0.717) is 25.9 Å². The van der Waals surface area contributed by atoms with Crippen molar-refractivity contribution in [3.63, 3.8) is 0 Å². The number of hydrogen-bond donors (Lipinski definition) is 1. The Kier molecular flexibility index (Phi) is 6.20. The molecular weight excluding hydrogens is 457 g/mol. The fourth-order valence-electron chi connectivity index (χ4n) is 3.82. The van der Waals surface area contributed by atoms with Crippen LogP contribution in [0.3, 0.4) is 0 Å². The number of carbonyl (C=O) groups is 3. The molecule has 0 saturated carbocycles. The van der Waals surface area contributed by atoms with Crippen LogP contribution in [0.4, 0.5) is 14.9 Å². The van der Waals surface area contributed by atoms with Crippen LogP contribution in [0.1, 0.15) is 23.2 Å². The fourth-order valence-corrected chi connectivity index (χ4v) is 5.72. The first-order valence-corrected chi connectivity index (χ1v) is 12.4. The van der Waals surface area contributed by atoms with E-state index in [2.05, 4.69) is 4.72 Å². The molecule has 0 bridgehead atoms. The second kappa shape index (κ2) is 8.91. The minimum Gasteiger partial charge on any atom is -0.338 e. The minimum absolute atomic E-state index is 0.138. The lowest BCUT2D eigenvalue weighted by Gasteiger charge is -2.35. The number of sulfonamides is 1. The van der Waals surface area contributed by atoms with Crippen LogP contribution in [0.2, 0.25) is 0 Å². The van der Waals surface area contributed by atoms with E-state index in [9.17, 15) is 27.2 Å². The maximum absolute atomic E-state index is 13.9. The van der Waals surface area contributed by atoms with Crippen LogP contribution in [-0.4, -0.2) is 60.2 Å². The maximum Gasteiger partial charge on any atom is 0.289 e. The number of nitrogens with zero attached hydrogens (tertiary/aromatic N) is 2. The molecule has 168 valence electrons. The number of thioether (sulfide) groups is 1. The molecule has 2 aliphatic heterocycles. The standard InChI is InChI=1S/C21H20FN3O5S2/c22-17-6-1-2-7-18(17)32(29,30)23-15-5-3-4-14(12-15)20(27)24-10-8-16(9-11-24)25-19(26)13-31-21(25)28/h1-7,12,16,23H,8-11,13H2. The zero-order valence-corrected chi connectivity index (χ0v) is 18.5. The highest BCUT2D eigenvalue weighted by atomic mass is 32.2. The lowest BCUT2D eigenvalue weighted by Crippen LogP contribution is -2.48. The summed E-state index contributed by atoms with van der Waals surface area (Å²) in [4.78, 5) is 39.2. The third-order valence-electron chi connectivity index (χ3n) is 5.39. The maximum atomic E-state index is 13.9. The van der Waals surface area contributed by atoms with E-state index in [1.165, 1.54) is 35.2 Å². The lowest BCUT2D eigenvalue weighted by molar-refractivity contribution is -0.126. The van der Waals surface area contributed by atoms with Crippen LogP contribution in [0.25, 0.3) is 0 Å². The molecule has 8 nitrogen and oxygen atoms in total. The van der Waals surface area contributed by atoms with Crippen LogP contribution in [0.5, 0.6) is 0 Å². The van der Waals surface area contributed by atoms with Crippen LogP contribution in [-0.2, 0) is 14.8 Å². The Hall–Kier alpha value is -2.92. The molecule has 0 atom stereocenters. The van der Waals surface area contributed by atoms with Crippen LogP contribution in [0, 0.1) is 5.82 Å². The third-order valence-corrected chi connectivity index (χ3v) is 7.64. The van der Waals surface area contributed by atoms with Crippen molar-refractivity contribution in [1.29, 1.82) is 0 Å². The van der Waals surface area contributed by atoms with Gasteiger partial charge in [-0.05, 0) is 43.2 Å². The molecule has 2 aromatic rings. The summed E-state index contributed by atoms with van der Waals surface area (Å²) in [5.74, 6) is -1.19. The second-order valence-electron chi connectivity index (χ2n) is 7.46. The van der Waals surface area contributed by atoms with Crippen molar-refractivity contribution in [2.45, 2.75) is 23.8 Å². The molecule has 1 N–H and O–H groups in total. The second-order valence-corrected chi connectivity index (χ2v) is 10.0. The van der Waals surface area contributed by atoms with Crippen molar-refractivity contribution in [2.24, 2.45) is 0 Å². The molecule has 11 heteroatoms. The number of carbonyl (C=O) groups excluding carboxylic acids is 3. The average molecular weight is 478 g/mol. The highest BCUT2D eigenvalue weighted by Crippen LogP contribution is 2.27. The number of benzene rings is 2. The number of hydrogen-bond acceptors (Lipinski definition) is 6. The summed E-state index contributed by atoms with van der Waals surface area (Å²) >= 11 is 0.994. The van der Waals surface area contributed by atoms with Gasteiger partial charge >= 0.3 is 0 Å². The molecule has 0 aromatic heterocycles. The monoisotopic (exact) mass is 477 g/mol. The van der Waals surface area contributed by atoms with Gasteiger partial charge in [0.15, 0.2) is 0 Å². The Morgan fingerprint density at radius 1 is 1.06 bits per heavy atom. The largest absolute Gasteiger partial charge is 0.338 e. The number of piperidine rings is 1. The lowest BCUT2D eigenvalue weighted by atomic mass is 10.0. The van der Waals surface area contributed by atoms with Crippen molar-refractivity contribution >= 4 is 44.5 Å². The summed E-state index contributed by atoms with van der Waals surface area (Å²) < 4.78 is 41.2. The Labute approximate surface area is 188 Å². The third kappa shape index (κ3) is 4.49. The van der Waals surface area contributed by atoms with E-state index in [1.54, 1.807) is 11.0 Å². The first kappa shape index (κ1) is 22.3. The van der Waals surface area contributed by atoms with E-state index in [4.69, 9.17) is 0 Å². The van der Waals surface area contributed by atoms with Crippen LogP contribution >= 0.6 is 11.8 Å². The molecular formula is C21H20FN3O5S2. The van der Waals surface area contributed by atoms with Gasteiger partial charge in [0.25, 0.3) is 21.2 Å². The van der Waals surface area contributed by atoms with Gasteiger partial charge in [0.1, 0.15) is 10.7 Å². The van der Waals surface area contributed by atoms with Crippen molar-refractivity contribution < 1.29 is 27.2 Å². The number of halogens is 1. The Balaban J connectivity index is 1.44. The van der Waals surface area contributed by atoms with Crippen LogP contribution in [0.15, 0.2) is 53.4 Å².